The Hall–Kier alpha value is -3.84. The van der Waals surface area contributed by atoms with Crippen LogP contribution in [0.4, 0.5) is 0 Å². The number of aliphatic carboxylic acids is 1. The van der Waals surface area contributed by atoms with E-state index in [9.17, 15) is 9.90 Å². The van der Waals surface area contributed by atoms with Crippen LogP contribution in [-0.2, 0) is 16.2 Å². The molecule has 0 spiro atoms. The number of likely N-dealkylation sites (N-methyl/N-ethyl adjacent to an activating group) is 1. The van der Waals surface area contributed by atoms with Crippen LogP contribution in [0.1, 0.15) is 36.8 Å². The molecule has 1 aliphatic carbocycles. The van der Waals surface area contributed by atoms with Gasteiger partial charge in [-0.15, -0.1) is 5.06 Å². The van der Waals surface area contributed by atoms with Gasteiger partial charge in [-0.1, -0.05) is 49.4 Å². The van der Waals surface area contributed by atoms with Gasteiger partial charge in [-0.25, -0.2) is 0 Å². The Balaban J connectivity index is 1.29. The number of nitrogens with zero attached hydrogens (tertiary/aromatic N) is 1. The van der Waals surface area contributed by atoms with Gasteiger partial charge in [0.25, 0.3) is 0 Å². The number of ether oxygens (including phenoxy) is 2. The Kier molecular flexibility index (Phi) is 8.23. The summed E-state index contributed by atoms with van der Waals surface area (Å²) in [5, 5.41) is 19.3. The fourth-order valence-electron chi connectivity index (χ4n) is 4.39. The Labute approximate surface area is 211 Å². The van der Waals surface area contributed by atoms with Crippen molar-refractivity contribution in [3.8, 4) is 11.5 Å². The normalized spacial score (nSPS) is 19.9. The molecule has 0 aromatic heterocycles. The lowest BCUT2D eigenvalue weighted by Crippen LogP contribution is -2.32. The highest BCUT2D eigenvalue weighted by molar-refractivity contribution is 5.99. The van der Waals surface area contributed by atoms with E-state index in [4.69, 9.17) is 19.7 Å². The second kappa shape index (κ2) is 11.7. The monoisotopic (exact) mass is 488 g/mol. The first-order valence-corrected chi connectivity index (χ1v) is 12.1. The fourth-order valence-corrected chi connectivity index (χ4v) is 4.39. The van der Waals surface area contributed by atoms with E-state index in [0.717, 1.165) is 23.1 Å². The maximum atomic E-state index is 11.4. The van der Waals surface area contributed by atoms with Crippen molar-refractivity contribution < 1.29 is 24.2 Å². The lowest BCUT2D eigenvalue weighted by Gasteiger charge is -2.26. The van der Waals surface area contributed by atoms with Crippen LogP contribution in [-0.4, -0.2) is 41.5 Å². The van der Waals surface area contributed by atoms with Gasteiger partial charge in [-0.05, 0) is 59.4 Å². The van der Waals surface area contributed by atoms with Gasteiger partial charge >= 0.3 is 5.97 Å². The lowest BCUT2D eigenvalue weighted by molar-refractivity contribution is -0.139. The van der Waals surface area contributed by atoms with E-state index in [1.54, 1.807) is 18.4 Å². The molecule has 0 radical (unpaired) electrons. The highest BCUT2D eigenvalue weighted by Gasteiger charge is 2.30. The van der Waals surface area contributed by atoms with E-state index in [1.807, 2.05) is 66.8 Å². The van der Waals surface area contributed by atoms with Gasteiger partial charge in [-0.3, -0.25) is 4.79 Å². The SMILES string of the molecule is CC1C=CC=C(C(=N)COc2ccc(COc3ccc(C(CC(=O)O)C4C=CON4C)cc3)cc2)C1. The minimum atomic E-state index is -0.851. The topological polar surface area (TPSA) is 92.1 Å². The van der Waals surface area contributed by atoms with Crippen LogP contribution in [0.5, 0.6) is 11.5 Å². The molecule has 1 heterocycles. The summed E-state index contributed by atoms with van der Waals surface area (Å²) in [5.74, 6) is 0.789. The first kappa shape index (κ1) is 25.3. The van der Waals surface area contributed by atoms with Crippen LogP contribution in [0, 0.1) is 11.3 Å². The van der Waals surface area contributed by atoms with Crippen molar-refractivity contribution in [3.63, 3.8) is 0 Å². The third kappa shape index (κ3) is 6.64. The van der Waals surface area contributed by atoms with Crippen LogP contribution >= 0.6 is 0 Å². The van der Waals surface area contributed by atoms with Crippen molar-refractivity contribution in [1.29, 1.82) is 5.41 Å². The summed E-state index contributed by atoms with van der Waals surface area (Å²) in [6.45, 7) is 2.79. The van der Waals surface area contributed by atoms with E-state index in [1.165, 1.54) is 0 Å². The molecular formula is C29H32N2O5. The van der Waals surface area contributed by atoms with Crippen molar-refractivity contribution >= 4 is 11.7 Å². The molecule has 3 atom stereocenters. The van der Waals surface area contributed by atoms with E-state index < -0.39 is 5.97 Å². The zero-order valence-corrected chi connectivity index (χ0v) is 20.6. The second-order valence-electron chi connectivity index (χ2n) is 9.20. The molecule has 7 nitrogen and oxygen atoms in total. The molecule has 0 bridgehead atoms. The zero-order valence-electron chi connectivity index (χ0n) is 20.6. The molecule has 7 heteroatoms. The molecule has 2 aromatic carbocycles. The van der Waals surface area contributed by atoms with Gasteiger partial charge in [0, 0.05) is 13.0 Å². The number of hydrogen-bond donors (Lipinski definition) is 2. The molecule has 0 amide bonds. The molecule has 4 rings (SSSR count). The molecule has 0 saturated carbocycles. The molecule has 2 N–H and O–H groups in total. The first-order chi connectivity index (χ1) is 17.4. The van der Waals surface area contributed by atoms with Gasteiger partial charge in [0.1, 0.15) is 31.0 Å². The molecule has 1 aliphatic heterocycles. The molecular weight excluding hydrogens is 456 g/mol. The quantitative estimate of drug-likeness (QED) is 0.406. The van der Waals surface area contributed by atoms with E-state index >= 15 is 0 Å². The van der Waals surface area contributed by atoms with Crippen LogP contribution in [0.25, 0.3) is 0 Å². The summed E-state index contributed by atoms with van der Waals surface area (Å²) >= 11 is 0. The summed E-state index contributed by atoms with van der Waals surface area (Å²) in [6.07, 6.45) is 10.5. The smallest absolute Gasteiger partial charge is 0.304 e. The summed E-state index contributed by atoms with van der Waals surface area (Å²) in [7, 11) is 1.80. The number of hydroxylamine groups is 2. The summed E-state index contributed by atoms with van der Waals surface area (Å²) in [4.78, 5) is 16.8. The standard InChI is InChI=1S/C29H32N2O5/c1-20-4-3-5-23(16-20)27(30)19-35-24-10-6-21(7-11-24)18-34-25-12-8-22(9-13-25)26(17-29(32)33)28-14-15-36-31(28)2/h3-15,20,26,28,30H,16-19H2,1-2H3,(H,32,33). The van der Waals surface area contributed by atoms with Crippen molar-refractivity contribution in [2.24, 2.45) is 5.92 Å². The number of benzene rings is 2. The third-order valence-electron chi connectivity index (χ3n) is 6.42. The summed E-state index contributed by atoms with van der Waals surface area (Å²) in [5.41, 5.74) is 3.44. The zero-order chi connectivity index (χ0) is 25.5. The molecule has 3 unspecified atom stereocenters. The van der Waals surface area contributed by atoms with Crippen molar-refractivity contribution in [2.75, 3.05) is 13.7 Å². The highest BCUT2D eigenvalue weighted by atomic mass is 16.7. The lowest BCUT2D eigenvalue weighted by atomic mass is 9.88. The third-order valence-corrected chi connectivity index (χ3v) is 6.42. The predicted octanol–water partition coefficient (Wildman–Crippen LogP) is 5.50. The maximum Gasteiger partial charge on any atom is 0.304 e. The Bertz CT molecular complexity index is 1150. The molecule has 36 heavy (non-hydrogen) atoms. The van der Waals surface area contributed by atoms with Crippen molar-refractivity contribution in [2.45, 2.75) is 38.3 Å². The second-order valence-corrected chi connectivity index (χ2v) is 9.20. The highest BCUT2D eigenvalue weighted by Crippen LogP contribution is 2.31. The molecule has 0 fully saturated rings. The summed E-state index contributed by atoms with van der Waals surface area (Å²) in [6, 6.07) is 15.1. The van der Waals surface area contributed by atoms with Gasteiger partial charge < -0.3 is 24.8 Å². The van der Waals surface area contributed by atoms with Crippen LogP contribution in [0.2, 0.25) is 0 Å². The van der Waals surface area contributed by atoms with Gasteiger partial charge in [0.2, 0.25) is 0 Å². The number of nitrogens with one attached hydrogen (secondary N) is 1. The Morgan fingerprint density at radius 3 is 2.44 bits per heavy atom. The average molecular weight is 489 g/mol. The van der Waals surface area contributed by atoms with E-state index in [0.29, 0.717) is 29.7 Å². The van der Waals surface area contributed by atoms with Crippen molar-refractivity contribution in [1.82, 2.24) is 5.06 Å². The first-order valence-electron chi connectivity index (χ1n) is 12.1. The molecule has 2 aliphatic rings. The van der Waals surface area contributed by atoms with Gasteiger partial charge in [-0.2, -0.15) is 0 Å². The van der Waals surface area contributed by atoms with Crippen LogP contribution < -0.4 is 9.47 Å². The summed E-state index contributed by atoms with van der Waals surface area (Å²) < 4.78 is 11.7. The van der Waals surface area contributed by atoms with Crippen LogP contribution in [0.3, 0.4) is 0 Å². The predicted molar refractivity (Wildman–Crippen MR) is 138 cm³/mol. The number of hydrogen-bond acceptors (Lipinski definition) is 6. The maximum absolute atomic E-state index is 11.4. The van der Waals surface area contributed by atoms with Gasteiger partial charge in [0.05, 0.1) is 18.2 Å². The van der Waals surface area contributed by atoms with Crippen molar-refractivity contribution in [3.05, 3.63) is 95.8 Å². The van der Waals surface area contributed by atoms with E-state index in [2.05, 4.69) is 13.0 Å². The molecule has 188 valence electrons. The fraction of sp³-hybridized carbons (Fsp3) is 0.310. The largest absolute Gasteiger partial charge is 0.489 e. The number of carboxylic acids is 1. The minimum Gasteiger partial charge on any atom is -0.489 e. The van der Waals surface area contributed by atoms with Crippen LogP contribution in [0.15, 0.2) is 84.7 Å². The number of carboxylic acid groups (broad SMARTS) is 1. The number of allylic oxidation sites excluding steroid dienone is 3. The van der Waals surface area contributed by atoms with Gasteiger partial charge in [0.15, 0.2) is 0 Å². The van der Waals surface area contributed by atoms with E-state index in [-0.39, 0.29) is 25.0 Å². The Morgan fingerprint density at radius 1 is 1.11 bits per heavy atom. The number of carbonyl (C=O) groups is 1. The molecule has 0 saturated heterocycles. The average Bonchev–Trinajstić information content (AvgIpc) is 3.31. The number of rotatable bonds is 11. The molecule has 2 aromatic rings. The minimum absolute atomic E-state index is 0.00454. The Morgan fingerprint density at radius 2 is 1.81 bits per heavy atom.